The average Bonchev–Trinajstić information content (AvgIpc) is 2.29. The number of hydrogen-bond donors (Lipinski definition) is 0. The van der Waals surface area contributed by atoms with E-state index in [1.165, 1.54) is 18.2 Å². The van der Waals surface area contributed by atoms with Gasteiger partial charge in [0.1, 0.15) is 5.15 Å². The molecular weight excluding hydrogens is 228 g/mol. The first kappa shape index (κ1) is 10.6. The van der Waals surface area contributed by atoms with Gasteiger partial charge in [-0.2, -0.15) is 0 Å². The lowest BCUT2D eigenvalue weighted by Crippen LogP contribution is -1.89. The summed E-state index contributed by atoms with van der Waals surface area (Å²) in [7, 11) is 0. The molecule has 4 nitrogen and oxygen atoms in total. The number of nitrogens with zero attached hydrogens (tertiary/aromatic N) is 2. The predicted molar refractivity (Wildman–Crippen MR) is 60.2 cm³/mol. The molecule has 0 fully saturated rings. The van der Waals surface area contributed by atoms with Crippen LogP contribution in [0.15, 0.2) is 36.4 Å². The summed E-state index contributed by atoms with van der Waals surface area (Å²) in [6.45, 7) is 0. The smallest absolute Gasteiger partial charge is 0.258 e. The predicted octanol–water partition coefficient (Wildman–Crippen LogP) is 3.11. The van der Waals surface area contributed by atoms with Crippen LogP contribution in [-0.2, 0) is 0 Å². The molecule has 0 aliphatic rings. The van der Waals surface area contributed by atoms with E-state index in [4.69, 9.17) is 11.6 Å². The van der Waals surface area contributed by atoms with Crippen LogP contribution in [0.1, 0.15) is 0 Å². The molecule has 0 atom stereocenters. The molecule has 0 saturated carbocycles. The van der Waals surface area contributed by atoms with Crippen LogP contribution < -0.4 is 0 Å². The number of benzene rings is 1. The van der Waals surface area contributed by atoms with Crippen LogP contribution >= 0.6 is 11.6 Å². The Bertz CT molecular complexity index is 543. The minimum Gasteiger partial charge on any atom is -0.258 e. The third-order valence-corrected chi connectivity index (χ3v) is 2.20. The molecule has 1 radical (unpaired) electrons. The van der Waals surface area contributed by atoms with Crippen LogP contribution in [-0.4, -0.2) is 9.91 Å². The fourth-order valence-electron chi connectivity index (χ4n) is 1.30. The second-order valence-electron chi connectivity index (χ2n) is 3.08. The molecule has 16 heavy (non-hydrogen) atoms. The maximum atomic E-state index is 10.6. The van der Waals surface area contributed by atoms with Gasteiger partial charge in [0, 0.05) is 17.7 Å². The van der Waals surface area contributed by atoms with Crippen LogP contribution in [0.5, 0.6) is 0 Å². The Morgan fingerprint density at radius 2 is 2.19 bits per heavy atom. The molecule has 5 heteroatoms. The van der Waals surface area contributed by atoms with Crippen molar-refractivity contribution in [3.05, 3.63) is 57.7 Å². The highest BCUT2D eigenvalue weighted by Gasteiger charge is 2.07. The van der Waals surface area contributed by atoms with Crippen molar-refractivity contribution in [2.24, 2.45) is 0 Å². The van der Waals surface area contributed by atoms with Gasteiger partial charge >= 0.3 is 0 Å². The van der Waals surface area contributed by atoms with Gasteiger partial charge in [0.25, 0.3) is 5.69 Å². The fourth-order valence-corrected chi connectivity index (χ4v) is 1.45. The summed E-state index contributed by atoms with van der Waals surface area (Å²) in [5.74, 6) is 0. The summed E-state index contributed by atoms with van der Waals surface area (Å²) in [5.41, 5.74) is 1.24. The molecule has 0 bridgehead atoms. The van der Waals surface area contributed by atoms with Crippen LogP contribution in [0.2, 0.25) is 5.15 Å². The molecule has 0 N–H and O–H groups in total. The summed E-state index contributed by atoms with van der Waals surface area (Å²) in [6.07, 6.45) is 0. The van der Waals surface area contributed by atoms with Crippen LogP contribution in [0.3, 0.4) is 0 Å². The monoisotopic (exact) mass is 233 g/mol. The van der Waals surface area contributed by atoms with Gasteiger partial charge in [-0.05, 0) is 18.2 Å². The zero-order chi connectivity index (χ0) is 11.5. The summed E-state index contributed by atoms with van der Waals surface area (Å²) in [5, 5.41) is 10.9. The minimum atomic E-state index is -0.447. The first-order chi connectivity index (χ1) is 7.66. The van der Waals surface area contributed by atoms with Crippen molar-refractivity contribution in [3.63, 3.8) is 0 Å². The number of nitro groups is 1. The summed E-state index contributed by atoms with van der Waals surface area (Å²) in [4.78, 5) is 14.2. The third-order valence-electron chi connectivity index (χ3n) is 2.00. The lowest BCUT2D eigenvalue weighted by molar-refractivity contribution is -0.384. The summed E-state index contributed by atoms with van der Waals surface area (Å²) < 4.78 is 0. The Morgan fingerprint density at radius 3 is 2.88 bits per heavy atom. The Morgan fingerprint density at radius 1 is 1.38 bits per heavy atom. The van der Waals surface area contributed by atoms with Gasteiger partial charge in [0.15, 0.2) is 0 Å². The van der Waals surface area contributed by atoms with Crippen LogP contribution in [0.4, 0.5) is 5.69 Å². The number of pyridine rings is 1. The number of non-ortho nitro benzene ring substituents is 1. The van der Waals surface area contributed by atoms with Crippen molar-refractivity contribution in [2.45, 2.75) is 0 Å². The minimum absolute atomic E-state index is 0.0271. The van der Waals surface area contributed by atoms with Crippen molar-refractivity contribution in [1.82, 2.24) is 4.98 Å². The van der Waals surface area contributed by atoms with Gasteiger partial charge in [-0.25, -0.2) is 4.98 Å². The van der Waals surface area contributed by atoms with Crippen molar-refractivity contribution in [1.29, 1.82) is 0 Å². The van der Waals surface area contributed by atoms with E-state index < -0.39 is 4.92 Å². The Balaban J connectivity index is 2.48. The molecule has 0 spiro atoms. The standard InChI is InChI=1S/C11H6ClN2O2/c12-11-6-2-5-10(13-11)8-3-1-4-9(7-8)14(15)16/h1,3-7H. The van der Waals surface area contributed by atoms with Gasteiger partial charge in [0.2, 0.25) is 0 Å². The first-order valence-corrected chi connectivity index (χ1v) is 4.83. The molecule has 0 aliphatic carbocycles. The van der Waals surface area contributed by atoms with Crippen molar-refractivity contribution in [3.8, 4) is 11.3 Å². The van der Waals surface area contributed by atoms with Crippen LogP contribution in [0.25, 0.3) is 11.3 Å². The normalized spacial score (nSPS) is 10.1. The molecule has 0 saturated heterocycles. The highest BCUT2D eigenvalue weighted by atomic mass is 35.5. The Labute approximate surface area is 96.7 Å². The third kappa shape index (κ3) is 2.17. The number of halogens is 1. The molecule has 79 valence electrons. The van der Waals surface area contributed by atoms with Gasteiger partial charge in [-0.3, -0.25) is 10.1 Å². The maximum absolute atomic E-state index is 10.6. The van der Waals surface area contributed by atoms with Gasteiger partial charge in [0.05, 0.1) is 10.6 Å². The number of aromatic nitrogens is 1. The highest BCUT2D eigenvalue weighted by Crippen LogP contribution is 2.22. The van der Waals surface area contributed by atoms with E-state index in [0.717, 1.165) is 0 Å². The maximum Gasteiger partial charge on any atom is 0.270 e. The zero-order valence-electron chi connectivity index (χ0n) is 8.05. The second kappa shape index (κ2) is 4.28. The van der Waals surface area contributed by atoms with Crippen molar-refractivity contribution >= 4 is 17.3 Å². The Hall–Kier alpha value is -1.94. The molecule has 1 aromatic carbocycles. The second-order valence-corrected chi connectivity index (χ2v) is 3.47. The molecule has 0 amide bonds. The number of nitro benzene ring substituents is 1. The quantitative estimate of drug-likeness (QED) is 0.455. The number of hydrogen-bond acceptors (Lipinski definition) is 3. The van der Waals surface area contributed by atoms with Gasteiger partial charge in [-0.15, -0.1) is 0 Å². The van der Waals surface area contributed by atoms with E-state index in [1.807, 2.05) is 0 Å². The molecule has 0 unspecified atom stereocenters. The summed E-state index contributed by atoms with van der Waals surface area (Å²) >= 11 is 5.72. The molecule has 0 aliphatic heterocycles. The topological polar surface area (TPSA) is 56.0 Å². The number of rotatable bonds is 2. The molecule has 1 aromatic heterocycles. The fraction of sp³-hybridized carbons (Fsp3) is 0. The Kier molecular flexibility index (Phi) is 2.83. The molecule has 2 aromatic rings. The highest BCUT2D eigenvalue weighted by molar-refractivity contribution is 6.29. The van der Waals surface area contributed by atoms with E-state index in [0.29, 0.717) is 16.4 Å². The lowest BCUT2D eigenvalue weighted by Gasteiger charge is -2.00. The van der Waals surface area contributed by atoms with E-state index in [-0.39, 0.29) is 5.69 Å². The average molecular weight is 234 g/mol. The summed E-state index contributed by atoms with van der Waals surface area (Å²) in [6, 6.07) is 12.2. The lowest BCUT2D eigenvalue weighted by atomic mass is 10.1. The van der Waals surface area contributed by atoms with E-state index in [2.05, 4.69) is 11.1 Å². The van der Waals surface area contributed by atoms with E-state index in [1.54, 1.807) is 18.2 Å². The van der Waals surface area contributed by atoms with E-state index >= 15 is 0 Å². The molecule has 1 heterocycles. The van der Waals surface area contributed by atoms with Crippen LogP contribution in [0, 0.1) is 16.2 Å². The molecule has 2 rings (SSSR count). The van der Waals surface area contributed by atoms with E-state index in [9.17, 15) is 10.1 Å². The zero-order valence-corrected chi connectivity index (χ0v) is 8.81. The van der Waals surface area contributed by atoms with Crippen molar-refractivity contribution in [2.75, 3.05) is 0 Å². The molecular formula is C11H6ClN2O2. The van der Waals surface area contributed by atoms with Crippen molar-refractivity contribution < 1.29 is 4.92 Å². The first-order valence-electron chi connectivity index (χ1n) is 4.45. The van der Waals surface area contributed by atoms with Gasteiger partial charge < -0.3 is 0 Å². The largest absolute Gasteiger partial charge is 0.270 e. The van der Waals surface area contributed by atoms with Gasteiger partial charge in [-0.1, -0.05) is 23.7 Å². The SMILES string of the molecule is O=[N+]([O-])c1cccc(-c2c[c]cc(Cl)n2)c1.